The molecule has 3 aromatic rings. The van der Waals surface area contributed by atoms with Crippen LogP contribution in [0, 0.1) is 12.7 Å². The third-order valence-electron chi connectivity index (χ3n) is 4.91. The molecule has 0 saturated carbocycles. The van der Waals surface area contributed by atoms with Gasteiger partial charge in [-0.25, -0.2) is 9.07 Å². The van der Waals surface area contributed by atoms with Gasteiger partial charge in [-0.15, -0.1) is 0 Å². The highest BCUT2D eigenvalue weighted by atomic mass is 19.4. The van der Waals surface area contributed by atoms with Crippen LogP contribution < -0.4 is 5.32 Å². The fraction of sp³-hybridized carbons (Fsp3) is 0.304. The van der Waals surface area contributed by atoms with Gasteiger partial charge in [-0.05, 0) is 42.8 Å². The quantitative estimate of drug-likeness (QED) is 0.368. The first-order chi connectivity index (χ1) is 16.5. The number of rotatable bonds is 8. The first-order valence-corrected chi connectivity index (χ1v) is 10.4. The summed E-state index contributed by atoms with van der Waals surface area (Å²) >= 11 is 0. The number of nitrogens with zero attached hydrogens (tertiary/aromatic N) is 3. The maximum absolute atomic E-state index is 13.8. The molecule has 0 aliphatic rings. The summed E-state index contributed by atoms with van der Waals surface area (Å²) in [4.78, 5) is 28.2. The Hall–Kier alpha value is -3.80. The summed E-state index contributed by atoms with van der Waals surface area (Å²) in [6.45, 7) is 2.23. The maximum atomic E-state index is 13.8. The Balaban J connectivity index is 2.00. The summed E-state index contributed by atoms with van der Waals surface area (Å²) in [6.07, 6.45) is -3.40. The molecule has 2 aromatic heterocycles. The number of ether oxygens (including phenoxy) is 1. The van der Waals surface area contributed by atoms with Gasteiger partial charge in [0.2, 0.25) is 0 Å². The topological polar surface area (TPSA) is 106 Å². The Kier molecular flexibility index (Phi) is 7.85. The van der Waals surface area contributed by atoms with Crippen LogP contribution in [0.15, 0.2) is 36.5 Å². The summed E-state index contributed by atoms with van der Waals surface area (Å²) in [7, 11) is 0. The third-order valence-corrected chi connectivity index (χ3v) is 4.91. The number of nitrogens with one attached hydrogen (secondary N) is 1. The van der Waals surface area contributed by atoms with Crippen molar-refractivity contribution in [2.75, 3.05) is 13.2 Å². The van der Waals surface area contributed by atoms with Crippen molar-refractivity contribution in [3.05, 3.63) is 76.1 Å². The van der Waals surface area contributed by atoms with Gasteiger partial charge in [0.05, 0.1) is 34.8 Å². The number of pyridine rings is 1. The van der Waals surface area contributed by atoms with Crippen molar-refractivity contribution in [2.45, 2.75) is 33.1 Å². The van der Waals surface area contributed by atoms with Gasteiger partial charge in [-0.3, -0.25) is 14.6 Å². The minimum Gasteiger partial charge on any atom is -0.459 e. The van der Waals surface area contributed by atoms with Crippen molar-refractivity contribution in [3.63, 3.8) is 0 Å². The van der Waals surface area contributed by atoms with Crippen molar-refractivity contribution < 1.29 is 37.0 Å². The van der Waals surface area contributed by atoms with Crippen molar-refractivity contribution >= 4 is 11.9 Å². The molecule has 12 heteroatoms. The smallest absolute Gasteiger partial charge is 0.416 e. The molecule has 1 amide bonds. The number of aliphatic hydroxyl groups is 1. The number of hydrogen-bond acceptors (Lipinski definition) is 6. The van der Waals surface area contributed by atoms with Crippen LogP contribution >= 0.6 is 0 Å². The Labute approximate surface area is 197 Å². The van der Waals surface area contributed by atoms with Gasteiger partial charge < -0.3 is 15.2 Å². The second kappa shape index (κ2) is 10.6. The number of benzene rings is 1. The first-order valence-electron chi connectivity index (χ1n) is 10.4. The van der Waals surface area contributed by atoms with Crippen LogP contribution in [0.2, 0.25) is 0 Å². The van der Waals surface area contributed by atoms with Crippen molar-refractivity contribution in [1.82, 2.24) is 20.1 Å². The normalized spacial score (nSPS) is 11.4. The molecule has 1 aromatic carbocycles. The number of carbonyl (C=O) groups excluding carboxylic acids is 2. The highest BCUT2D eigenvalue weighted by Gasteiger charge is 2.31. The summed E-state index contributed by atoms with van der Waals surface area (Å²) in [6, 6.07) is 5.35. The lowest BCUT2D eigenvalue weighted by Gasteiger charge is -2.12. The second-order valence-electron chi connectivity index (χ2n) is 7.61. The van der Waals surface area contributed by atoms with E-state index in [1.807, 2.05) is 0 Å². The Morgan fingerprint density at radius 3 is 2.60 bits per heavy atom. The molecule has 186 valence electrons. The predicted octanol–water partition coefficient (Wildman–Crippen LogP) is 3.11. The first kappa shape index (κ1) is 25.8. The molecule has 0 fully saturated rings. The van der Waals surface area contributed by atoms with E-state index in [2.05, 4.69) is 15.4 Å². The van der Waals surface area contributed by atoms with E-state index in [1.165, 1.54) is 23.9 Å². The Morgan fingerprint density at radius 1 is 1.20 bits per heavy atom. The van der Waals surface area contributed by atoms with Crippen LogP contribution in [0.4, 0.5) is 17.6 Å². The van der Waals surface area contributed by atoms with E-state index in [4.69, 9.17) is 9.84 Å². The van der Waals surface area contributed by atoms with Crippen LogP contribution in [0.1, 0.15) is 45.5 Å². The van der Waals surface area contributed by atoms with E-state index in [0.717, 1.165) is 12.1 Å². The minimum atomic E-state index is -4.70. The standard InChI is InChI=1S/C23H22F4N4O4/c1-13-21(22(34)29-5-6-32)20(12-35-14(2)33)31(30-13)19-3-4-28-18(11-19)9-15-7-16(23(25,26)27)10-17(24)8-15/h3-4,7-8,10-11,32H,5-6,9,12H2,1-2H3,(H,29,34). The third kappa shape index (κ3) is 6.41. The average molecular weight is 494 g/mol. The molecular formula is C23H22F4N4O4. The molecule has 2 heterocycles. The molecule has 3 rings (SSSR count). The molecule has 2 N–H and O–H groups in total. The van der Waals surface area contributed by atoms with Crippen LogP contribution in [-0.2, 0) is 28.7 Å². The van der Waals surface area contributed by atoms with E-state index < -0.39 is 29.4 Å². The number of alkyl halides is 3. The van der Waals surface area contributed by atoms with Crippen molar-refractivity contribution in [2.24, 2.45) is 0 Å². The molecule has 0 spiro atoms. The number of halogens is 4. The Morgan fingerprint density at radius 2 is 1.94 bits per heavy atom. The van der Waals surface area contributed by atoms with E-state index in [0.29, 0.717) is 23.1 Å². The zero-order valence-electron chi connectivity index (χ0n) is 18.8. The number of carbonyl (C=O) groups is 2. The molecular weight excluding hydrogens is 472 g/mol. The fourth-order valence-corrected chi connectivity index (χ4v) is 3.46. The summed E-state index contributed by atoms with van der Waals surface area (Å²) in [5.74, 6) is -2.13. The lowest BCUT2D eigenvalue weighted by atomic mass is 10.0. The highest BCUT2D eigenvalue weighted by molar-refractivity contribution is 5.96. The average Bonchev–Trinajstić information content (AvgIpc) is 3.11. The maximum Gasteiger partial charge on any atom is 0.416 e. The summed E-state index contributed by atoms with van der Waals surface area (Å²) in [5, 5.41) is 15.9. The fourth-order valence-electron chi connectivity index (χ4n) is 3.46. The lowest BCUT2D eigenvalue weighted by molar-refractivity contribution is -0.142. The highest BCUT2D eigenvalue weighted by Crippen LogP contribution is 2.31. The lowest BCUT2D eigenvalue weighted by Crippen LogP contribution is -2.28. The van der Waals surface area contributed by atoms with Crippen LogP contribution in [0.5, 0.6) is 0 Å². The number of aromatic nitrogens is 3. The molecule has 8 nitrogen and oxygen atoms in total. The molecule has 35 heavy (non-hydrogen) atoms. The zero-order valence-corrected chi connectivity index (χ0v) is 18.8. The number of aliphatic hydroxyl groups excluding tert-OH is 1. The van der Waals surface area contributed by atoms with Gasteiger partial charge in [0.15, 0.2) is 0 Å². The van der Waals surface area contributed by atoms with Gasteiger partial charge in [0.1, 0.15) is 12.4 Å². The largest absolute Gasteiger partial charge is 0.459 e. The van der Waals surface area contributed by atoms with E-state index in [1.54, 1.807) is 13.0 Å². The number of amides is 1. The molecule has 0 atom stereocenters. The predicted molar refractivity (Wildman–Crippen MR) is 115 cm³/mol. The van der Waals surface area contributed by atoms with Gasteiger partial charge in [-0.2, -0.15) is 18.3 Å². The van der Waals surface area contributed by atoms with Crippen LogP contribution in [0.3, 0.4) is 0 Å². The zero-order chi connectivity index (χ0) is 25.8. The summed E-state index contributed by atoms with van der Waals surface area (Å²) in [5.41, 5.74) is 0.402. The second-order valence-corrected chi connectivity index (χ2v) is 7.61. The van der Waals surface area contributed by atoms with Crippen molar-refractivity contribution in [3.8, 4) is 5.69 Å². The number of hydrogen-bond donors (Lipinski definition) is 2. The van der Waals surface area contributed by atoms with E-state index in [9.17, 15) is 27.2 Å². The van der Waals surface area contributed by atoms with Crippen LogP contribution in [0.25, 0.3) is 5.69 Å². The van der Waals surface area contributed by atoms with Crippen LogP contribution in [-0.4, -0.2) is 44.9 Å². The van der Waals surface area contributed by atoms with E-state index >= 15 is 0 Å². The molecule has 0 aliphatic heterocycles. The number of esters is 1. The van der Waals surface area contributed by atoms with Crippen molar-refractivity contribution in [1.29, 1.82) is 0 Å². The van der Waals surface area contributed by atoms with E-state index in [-0.39, 0.29) is 43.0 Å². The SMILES string of the molecule is CC(=O)OCc1c(C(=O)NCCO)c(C)nn1-c1ccnc(Cc2cc(F)cc(C(F)(F)F)c2)c1. The molecule has 0 radical (unpaired) electrons. The monoisotopic (exact) mass is 494 g/mol. The Bertz CT molecular complexity index is 1240. The number of aryl methyl sites for hydroxylation is 1. The molecule has 0 aliphatic carbocycles. The minimum absolute atomic E-state index is 0.00339. The van der Waals surface area contributed by atoms with Gasteiger partial charge in [-0.1, -0.05) is 0 Å². The van der Waals surface area contributed by atoms with Gasteiger partial charge in [0, 0.05) is 31.8 Å². The molecule has 0 unspecified atom stereocenters. The molecule has 0 saturated heterocycles. The van der Waals surface area contributed by atoms with Gasteiger partial charge >= 0.3 is 12.1 Å². The van der Waals surface area contributed by atoms with Gasteiger partial charge in [0.25, 0.3) is 5.91 Å². The summed E-state index contributed by atoms with van der Waals surface area (Å²) < 4.78 is 59.4. The molecule has 0 bridgehead atoms.